The lowest BCUT2D eigenvalue weighted by molar-refractivity contribution is 0.132. The van der Waals surface area contributed by atoms with E-state index in [1.165, 1.54) is 11.1 Å². The lowest BCUT2D eigenvalue weighted by Gasteiger charge is -2.31. The average Bonchev–Trinajstić information content (AvgIpc) is 3.53. The maximum Gasteiger partial charge on any atom is 0.163 e. The first-order valence-electron chi connectivity index (χ1n) is 12.5. The Labute approximate surface area is 211 Å². The predicted molar refractivity (Wildman–Crippen MR) is 142 cm³/mol. The predicted octanol–water partition coefficient (Wildman–Crippen LogP) is 7.44. The topological polar surface area (TPSA) is 18.5 Å². The van der Waals surface area contributed by atoms with Crippen molar-refractivity contribution in [3.05, 3.63) is 167 Å². The maximum atomic E-state index is 6.89. The van der Waals surface area contributed by atoms with Gasteiger partial charge >= 0.3 is 0 Å². The van der Waals surface area contributed by atoms with Gasteiger partial charge in [0.2, 0.25) is 0 Å². The molecule has 0 radical (unpaired) electrons. The standard InChI is InChI=1S/C34H26O2/c1-5-13-27(14-6-1)33(28-15-7-2-8-16-28)23-25-21-26-24-34(29-17-9-3-10-18-29,30-19-11-4-12-20-30)36-32(26)22-31(25)35-33/h1-22H,23-24H2. The number of benzene rings is 5. The van der Waals surface area contributed by atoms with Crippen molar-refractivity contribution in [3.8, 4) is 11.5 Å². The SMILES string of the molecule is c1ccc(C2(c3ccccc3)Cc3cc4c(cc3O2)OC(c2ccccc2)(c2ccccc2)C4)cc1. The van der Waals surface area contributed by atoms with Gasteiger partial charge in [-0.05, 0) is 17.2 Å². The fourth-order valence-corrected chi connectivity index (χ4v) is 5.91. The molecular formula is C34H26O2. The molecule has 0 saturated heterocycles. The smallest absolute Gasteiger partial charge is 0.163 e. The van der Waals surface area contributed by atoms with Crippen molar-refractivity contribution in [2.24, 2.45) is 0 Å². The van der Waals surface area contributed by atoms with E-state index in [-0.39, 0.29) is 0 Å². The highest BCUT2D eigenvalue weighted by molar-refractivity contribution is 5.58. The van der Waals surface area contributed by atoms with Gasteiger partial charge < -0.3 is 9.47 Å². The van der Waals surface area contributed by atoms with Gasteiger partial charge in [-0.3, -0.25) is 0 Å². The van der Waals surface area contributed by atoms with Crippen molar-refractivity contribution in [2.75, 3.05) is 0 Å². The second kappa shape index (κ2) is 8.13. The quantitative estimate of drug-likeness (QED) is 0.274. The van der Waals surface area contributed by atoms with Crippen molar-refractivity contribution in [1.29, 1.82) is 0 Å². The van der Waals surface area contributed by atoms with Gasteiger partial charge in [0.05, 0.1) is 0 Å². The molecule has 0 fully saturated rings. The summed E-state index contributed by atoms with van der Waals surface area (Å²) in [6.07, 6.45) is 1.57. The van der Waals surface area contributed by atoms with Gasteiger partial charge in [0.15, 0.2) is 11.2 Å². The first-order chi connectivity index (χ1) is 17.8. The third-order valence-electron chi connectivity index (χ3n) is 7.65. The zero-order valence-electron chi connectivity index (χ0n) is 19.9. The molecule has 5 aromatic rings. The summed E-state index contributed by atoms with van der Waals surface area (Å²) < 4.78 is 13.8. The summed E-state index contributed by atoms with van der Waals surface area (Å²) >= 11 is 0. The first kappa shape index (κ1) is 21.0. The van der Waals surface area contributed by atoms with Crippen LogP contribution in [0.5, 0.6) is 11.5 Å². The van der Waals surface area contributed by atoms with Crippen molar-refractivity contribution in [1.82, 2.24) is 0 Å². The van der Waals surface area contributed by atoms with Crippen LogP contribution in [0.25, 0.3) is 0 Å². The van der Waals surface area contributed by atoms with Crippen LogP contribution in [-0.2, 0) is 24.0 Å². The summed E-state index contributed by atoms with van der Waals surface area (Å²) in [6.45, 7) is 0. The zero-order valence-corrected chi connectivity index (χ0v) is 19.9. The summed E-state index contributed by atoms with van der Waals surface area (Å²) in [6, 6.07) is 46.7. The van der Waals surface area contributed by atoms with E-state index in [2.05, 4.69) is 133 Å². The van der Waals surface area contributed by atoms with Gasteiger partial charge in [-0.15, -0.1) is 0 Å². The molecule has 5 aromatic carbocycles. The highest BCUT2D eigenvalue weighted by Crippen LogP contribution is 2.52. The van der Waals surface area contributed by atoms with Crippen LogP contribution in [0, 0.1) is 0 Å². The minimum atomic E-state index is -0.546. The third kappa shape index (κ3) is 3.18. The summed E-state index contributed by atoms with van der Waals surface area (Å²) in [4.78, 5) is 0. The molecule has 2 heterocycles. The summed E-state index contributed by atoms with van der Waals surface area (Å²) in [5.41, 5.74) is 6.01. The van der Waals surface area contributed by atoms with Crippen LogP contribution >= 0.6 is 0 Å². The number of ether oxygens (including phenoxy) is 2. The molecule has 0 unspecified atom stereocenters. The lowest BCUT2D eigenvalue weighted by Crippen LogP contribution is -2.33. The van der Waals surface area contributed by atoms with Gasteiger partial charge in [0, 0.05) is 41.2 Å². The maximum absolute atomic E-state index is 6.89. The fraction of sp³-hybridized carbons (Fsp3) is 0.118. The van der Waals surface area contributed by atoms with E-state index in [9.17, 15) is 0 Å². The van der Waals surface area contributed by atoms with E-state index in [0.717, 1.165) is 46.6 Å². The molecule has 2 aliphatic rings. The van der Waals surface area contributed by atoms with Gasteiger partial charge in [-0.25, -0.2) is 0 Å². The zero-order chi connectivity index (χ0) is 24.0. The Hall–Kier alpha value is -4.30. The molecule has 0 aromatic heterocycles. The largest absolute Gasteiger partial charge is 0.477 e. The summed E-state index contributed by atoms with van der Waals surface area (Å²) in [7, 11) is 0. The summed E-state index contributed by atoms with van der Waals surface area (Å²) in [5.74, 6) is 1.80. The Morgan fingerprint density at radius 2 is 0.694 bits per heavy atom. The van der Waals surface area contributed by atoms with Crippen molar-refractivity contribution < 1.29 is 9.47 Å². The van der Waals surface area contributed by atoms with Crippen LogP contribution in [0.1, 0.15) is 33.4 Å². The van der Waals surface area contributed by atoms with Crippen molar-refractivity contribution in [2.45, 2.75) is 24.0 Å². The van der Waals surface area contributed by atoms with Gasteiger partial charge in [-0.1, -0.05) is 121 Å². The minimum absolute atomic E-state index is 0.546. The molecule has 7 rings (SSSR count). The molecule has 0 bridgehead atoms. The van der Waals surface area contributed by atoms with E-state index in [4.69, 9.17) is 9.47 Å². The number of fused-ring (bicyclic) bond motifs is 2. The Balaban J connectivity index is 1.32. The normalized spacial score (nSPS) is 16.4. The van der Waals surface area contributed by atoms with Crippen molar-refractivity contribution >= 4 is 0 Å². The van der Waals surface area contributed by atoms with E-state index in [1.54, 1.807) is 0 Å². The van der Waals surface area contributed by atoms with Crippen molar-refractivity contribution in [3.63, 3.8) is 0 Å². The molecule has 0 N–H and O–H groups in total. The number of hydrogen-bond donors (Lipinski definition) is 0. The van der Waals surface area contributed by atoms with E-state index in [1.807, 2.05) is 0 Å². The fourth-order valence-electron chi connectivity index (χ4n) is 5.91. The van der Waals surface area contributed by atoms with E-state index >= 15 is 0 Å². The van der Waals surface area contributed by atoms with Gasteiger partial charge in [0.25, 0.3) is 0 Å². The van der Waals surface area contributed by atoms with Crippen LogP contribution < -0.4 is 9.47 Å². The van der Waals surface area contributed by atoms with Crippen LogP contribution in [0.15, 0.2) is 133 Å². The highest BCUT2D eigenvalue weighted by Gasteiger charge is 2.47. The molecule has 0 atom stereocenters. The molecule has 36 heavy (non-hydrogen) atoms. The van der Waals surface area contributed by atoms with E-state index in [0.29, 0.717) is 0 Å². The van der Waals surface area contributed by atoms with Crippen LogP contribution in [0.3, 0.4) is 0 Å². The molecule has 0 aliphatic carbocycles. The summed E-state index contributed by atoms with van der Waals surface area (Å²) in [5, 5.41) is 0. The minimum Gasteiger partial charge on any atom is -0.477 e. The highest BCUT2D eigenvalue weighted by atomic mass is 16.5. The van der Waals surface area contributed by atoms with Gasteiger partial charge in [-0.2, -0.15) is 0 Å². The second-order valence-electron chi connectivity index (χ2n) is 9.74. The Bertz CT molecular complexity index is 1280. The Morgan fingerprint density at radius 1 is 0.389 bits per heavy atom. The molecule has 0 spiro atoms. The lowest BCUT2D eigenvalue weighted by atomic mass is 9.81. The third-order valence-corrected chi connectivity index (χ3v) is 7.65. The molecular weight excluding hydrogens is 440 g/mol. The number of rotatable bonds is 4. The average molecular weight is 467 g/mol. The van der Waals surface area contributed by atoms with Crippen LogP contribution in [0.2, 0.25) is 0 Å². The first-order valence-corrected chi connectivity index (χ1v) is 12.5. The molecule has 2 aliphatic heterocycles. The van der Waals surface area contributed by atoms with Crippen LogP contribution in [0.4, 0.5) is 0 Å². The molecule has 0 amide bonds. The molecule has 0 saturated carbocycles. The monoisotopic (exact) mass is 466 g/mol. The molecule has 2 nitrogen and oxygen atoms in total. The Morgan fingerprint density at radius 3 is 1.00 bits per heavy atom. The van der Waals surface area contributed by atoms with E-state index < -0.39 is 11.2 Å². The molecule has 2 heteroatoms. The van der Waals surface area contributed by atoms with Crippen LogP contribution in [-0.4, -0.2) is 0 Å². The van der Waals surface area contributed by atoms with Gasteiger partial charge in [0.1, 0.15) is 11.5 Å². The Kier molecular flexibility index (Phi) is 4.75. The second-order valence-corrected chi connectivity index (χ2v) is 9.74. The number of hydrogen-bond acceptors (Lipinski definition) is 2. The molecule has 174 valence electrons.